The van der Waals surface area contributed by atoms with Gasteiger partial charge >= 0.3 is 5.97 Å². The van der Waals surface area contributed by atoms with E-state index in [2.05, 4.69) is 10.6 Å². The number of rotatable bonds is 6. The van der Waals surface area contributed by atoms with Gasteiger partial charge in [-0.05, 0) is 49.2 Å². The molecule has 2 aromatic carbocycles. The Balaban J connectivity index is 1.97. The minimum atomic E-state index is -0.760. The number of ether oxygens (including phenoxy) is 1. The minimum absolute atomic E-state index is 0.00252. The van der Waals surface area contributed by atoms with Gasteiger partial charge in [0.05, 0.1) is 22.5 Å². The van der Waals surface area contributed by atoms with Gasteiger partial charge in [-0.2, -0.15) is 0 Å². The van der Waals surface area contributed by atoms with Crippen LogP contribution in [0.1, 0.15) is 41.5 Å². The number of hydrogen-bond donors (Lipinski definition) is 2. The van der Waals surface area contributed by atoms with Crippen molar-refractivity contribution in [1.29, 1.82) is 0 Å². The van der Waals surface area contributed by atoms with Gasteiger partial charge in [0.15, 0.2) is 0 Å². The van der Waals surface area contributed by atoms with Gasteiger partial charge in [-0.1, -0.05) is 29.3 Å². The molecule has 0 unspecified atom stereocenters. The van der Waals surface area contributed by atoms with Crippen LogP contribution in [0, 0.1) is 24.0 Å². The van der Waals surface area contributed by atoms with Crippen LogP contribution >= 0.6 is 34.5 Å². The van der Waals surface area contributed by atoms with Crippen molar-refractivity contribution in [2.24, 2.45) is 0 Å². The van der Waals surface area contributed by atoms with Gasteiger partial charge in [-0.15, -0.1) is 11.3 Å². The predicted octanol–water partition coefficient (Wildman–Crippen LogP) is 5.87. The van der Waals surface area contributed by atoms with E-state index in [0.29, 0.717) is 21.8 Å². The molecule has 12 heteroatoms. The van der Waals surface area contributed by atoms with E-state index in [-0.39, 0.29) is 26.0 Å². The van der Waals surface area contributed by atoms with Gasteiger partial charge in [-0.25, -0.2) is 4.79 Å². The zero-order valence-electron chi connectivity index (χ0n) is 18.0. The van der Waals surface area contributed by atoms with Crippen LogP contribution in [-0.2, 0) is 4.74 Å². The van der Waals surface area contributed by atoms with Crippen molar-refractivity contribution in [3.63, 3.8) is 0 Å². The Labute approximate surface area is 207 Å². The Morgan fingerprint density at radius 3 is 2.35 bits per heavy atom. The quantitative estimate of drug-likeness (QED) is 0.237. The summed E-state index contributed by atoms with van der Waals surface area (Å²) in [6.07, 6.45) is 0. The number of anilines is 2. The van der Waals surface area contributed by atoms with Gasteiger partial charge < -0.3 is 15.4 Å². The second-order valence-corrected chi connectivity index (χ2v) is 8.83. The summed E-state index contributed by atoms with van der Waals surface area (Å²) in [6, 6.07) is 8.60. The van der Waals surface area contributed by atoms with Crippen LogP contribution in [0.3, 0.4) is 0 Å². The van der Waals surface area contributed by atoms with Crippen molar-refractivity contribution in [1.82, 2.24) is 0 Å². The fourth-order valence-electron chi connectivity index (χ4n) is 3.06. The summed E-state index contributed by atoms with van der Waals surface area (Å²) in [4.78, 5) is 48.8. The highest BCUT2D eigenvalue weighted by molar-refractivity contribution is 7.19. The molecular weight excluding hydrogens is 505 g/mol. The molecule has 0 aliphatic heterocycles. The zero-order valence-corrected chi connectivity index (χ0v) is 20.4. The van der Waals surface area contributed by atoms with E-state index >= 15 is 0 Å². The predicted molar refractivity (Wildman–Crippen MR) is 131 cm³/mol. The van der Waals surface area contributed by atoms with Crippen molar-refractivity contribution < 1.29 is 24.0 Å². The molecule has 176 valence electrons. The number of thiophene rings is 1. The van der Waals surface area contributed by atoms with Crippen molar-refractivity contribution >= 4 is 68.7 Å². The molecule has 2 amide bonds. The monoisotopic (exact) mass is 521 g/mol. The number of esters is 1. The Bertz CT molecular complexity index is 1340. The second-order valence-electron chi connectivity index (χ2n) is 7.00. The molecule has 0 aliphatic rings. The smallest absolute Gasteiger partial charge is 0.341 e. The number of carbonyl (C=O) groups is 3. The number of hydrogen-bond acceptors (Lipinski definition) is 7. The molecule has 0 radical (unpaired) electrons. The SMILES string of the molecule is COC(=O)c1c(NC(=O)c2ccc(Cl)c([N+](=O)[O-])c2)sc(C(=O)Nc2cccc(Cl)c2C)c1C. The number of nitrogens with zero attached hydrogens (tertiary/aromatic N) is 1. The van der Waals surface area contributed by atoms with Crippen LogP contribution in [0.15, 0.2) is 36.4 Å². The van der Waals surface area contributed by atoms with E-state index in [4.69, 9.17) is 27.9 Å². The number of nitro benzene ring substituents is 1. The molecule has 0 aliphatic carbocycles. The summed E-state index contributed by atoms with van der Waals surface area (Å²) in [6.45, 7) is 3.29. The molecule has 0 bridgehead atoms. The molecule has 0 atom stereocenters. The molecule has 0 spiro atoms. The summed E-state index contributed by atoms with van der Waals surface area (Å²) in [7, 11) is 1.17. The highest BCUT2D eigenvalue weighted by Crippen LogP contribution is 2.35. The number of nitro groups is 1. The number of halogens is 2. The molecule has 0 saturated heterocycles. The third-order valence-corrected chi connectivity index (χ3v) is 6.83. The Morgan fingerprint density at radius 2 is 1.71 bits per heavy atom. The maximum absolute atomic E-state index is 13.0. The maximum atomic E-state index is 13.0. The lowest BCUT2D eigenvalue weighted by atomic mass is 10.1. The van der Waals surface area contributed by atoms with Gasteiger partial charge in [0.1, 0.15) is 10.0 Å². The van der Waals surface area contributed by atoms with Crippen LogP contribution in [0.2, 0.25) is 10.0 Å². The lowest BCUT2D eigenvalue weighted by molar-refractivity contribution is -0.384. The van der Waals surface area contributed by atoms with Crippen LogP contribution in [-0.4, -0.2) is 29.8 Å². The molecule has 9 nitrogen and oxygen atoms in total. The van der Waals surface area contributed by atoms with Crippen LogP contribution in [0.25, 0.3) is 0 Å². The molecule has 0 saturated carbocycles. The molecule has 3 rings (SSSR count). The summed E-state index contributed by atoms with van der Waals surface area (Å²) < 4.78 is 4.82. The number of amides is 2. The average Bonchev–Trinajstić information content (AvgIpc) is 3.12. The first-order valence-electron chi connectivity index (χ1n) is 9.58. The summed E-state index contributed by atoms with van der Waals surface area (Å²) in [5.74, 6) is -2.01. The van der Waals surface area contributed by atoms with E-state index in [0.717, 1.165) is 17.4 Å². The van der Waals surface area contributed by atoms with E-state index in [9.17, 15) is 24.5 Å². The van der Waals surface area contributed by atoms with Crippen LogP contribution < -0.4 is 10.6 Å². The molecular formula is C22H17Cl2N3O6S. The highest BCUT2D eigenvalue weighted by atomic mass is 35.5. The third-order valence-electron chi connectivity index (χ3n) is 4.89. The Morgan fingerprint density at radius 1 is 1.00 bits per heavy atom. The fourth-order valence-corrected chi connectivity index (χ4v) is 4.50. The second kappa shape index (κ2) is 10.2. The van der Waals surface area contributed by atoms with Crippen LogP contribution in [0.5, 0.6) is 0 Å². The minimum Gasteiger partial charge on any atom is -0.465 e. The number of nitrogens with one attached hydrogen (secondary N) is 2. The van der Waals surface area contributed by atoms with E-state index < -0.39 is 28.4 Å². The Hall–Kier alpha value is -3.47. The largest absolute Gasteiger partial charge is 0.465 e. The lowest BCUT2D eigenvalue weighted by Crippen LogP contribution is -2.15. The third kappa shape index (κ3) is 5.04. The molecule has 1 heterocycles. The lowest BCUT2D eigenvalue weighted by Gasteiger charge is -2.09. The topological polar surface area (TPSA) is 128 Å². The van der Waals surface area contributed by atoms with E-state index in [1.165, 1.54) is 19.2 Å². The van der Waals surface area contributed by atoms with Gasteiger partial charge in [0.2, 0.25) is 0 Å². The van der Waals surface area contributed by atoms with Gasteiger partial charge in [-0.3, -0.25) is 19.7 Å². The number of carbonyl (C=O) groups excluding carboxylic acids is 3. The highest BCUT2D eigenvalue weighted by Gasteiger charge is 2.27. The normalized spacial score (nSPS) is 10.5. The standard InChI is InChI=1S/C22H17Cl2N3O6S/c1-10-13(23)5-4-6-15(10)25-20(29)18-11(2)17(22(30)33-3)21(34-18)26-19(28)12-7-8-14(24)16(9-12)27(31)32/h4-9H,1-3H3,(H,25,29)(H,26,28). The molecule has 0 fully saturated rings. The van der Waals surface area contributed by atoms with Crippen molar-refractivity contribution in [3.05, 3.63) is 83.7 Å². The first-order chi connectivity index (χ1) is 16.0. The number of methoxy groups -OCH3 is 1. The first kappa shape index (κ1) is 25.2. The summed E-state index contributed by atoms with van der Waals surface area (Å²) >= 11 is 12.8. The maximum Gasteiger partial charge on any atom is 0.341 e. The molecule has 1 aromatic heterocycles. The Kier molecular flexibility index (Phi) is 7.55. The zero-order chi connectivity index (χ0) is 25.2. The van der Waals surface area contributed by atoms with E-state index in [1.54, 1.807) is 32.0 Å². The first-order valence-corrected chi connectivity index (χ1v) is 11.2. The van der Waals surface area contributed by atoms with Gasteiger partial charge in [0.25, 0.3) is 17.5 Å². The summed E-state index contributed by atoms with van der Waals surface area (Å²) in [5.41, 5.74) is 0.950. The van der Waals surface area contributed by atoms with Crippen LogP contribution in [0.4, 0.5) is 16.4 Å². The van der Waals surface area contributed by atoms with E-state index in [1.807, 2.05) is 0 Å². The molecule has 34 heavy (non-hydrogen) atoms. The molecule has 3 aromatic rings. The number of benzene rings is 2. The summed E-state index contributed by atoms with van der Waals surface area (Å²) in [5, 5.41) is 16.8. The fraction of sp³-hybridized carbons (Fsp3) is 0.136. The average molecular weight is 522 g/mol. The van der Waals surface area contributed by atoms with Gasteiger partial charge in [0, 0.05) is 22.3 Å². The molecule has 2 N–H and O–H groups in total. The van der Waals surface area contributed by atoms with Crippen molar-refractivity contribution in [3.8, 4) is 0 Å². The van der Waals surface area contributed by atoms with Crippen molar-refractivity contribution in [2.75, 3.05) is 17.7 Å². The van der Waals surface area contributed by atoms with Crippen molar-refractivity contribution in [2.45, 2.75) is 13.8 Å².